The molecule has 2 rings (SSSR count). The molecule has 17 heavy (non-hydrogen) atoms. The van der Waals surface area contributed by atoms with Crippen LogP contribution in [0.1, 0.15) is 32.3 Å². The average Bonchev–Trinajstić information content (AvgIpc) is 2.29. The van der Waals surface area contributed by atoms with Gasteiger partial charge in [-0.3, -0.25) is 4.98 Å². The summed E-state index contributed by atoms with van der Waals surface area (Å²) in [6, 6.07) is 2.66. The van der Waals surface area contributed by atoms with E-state index in [1.165, 1.54) is 5.56 Å². The van der Waals surface area contributed by atoms with E-state index in [0.717, 1.165) is 25.1 Å². The van der Waals surface area contributed by atoms with Crippen molar-refractivity contribution in [3.05, 3.63) is 24.0 Å². The molecule has 0 saturated carbocycles. The van der Waals surface area contributed by atoms with Gasteiger partial charge in [0.05, 0.1) is 11.8 Å². The third kappa shape index (κ3) is 3.43. The van der Waals surface area contributed by atoms with Gasteiger partial charge in [-0.05, 0) is 37.3 Å². The summed E-state index contributed by atoms with van der Waals surface area (Å²) in [6.07, 6.45) is 6.33. The van der Waals surface area contributed by atoms with Crippen LogP contribution in [0, 0.1) is 12.8 Å². The van der Waals surface area contributed by atoms with Gasteiger partial charge in [-0.2, -0.15) is 0 Å². The molecule has 1 aromatic heterocycles. The number of pyridine rings is 1. The Morgan fingerprint density at radius 1 is 1.41 bits per heavy atom. The Balaban J connectivity index is 1.94. The summed E-state index contributed by atoms with van der Waals surface area (Å²) in [5, 5.41) is 3.56. The summed E-state index contributed by atoms with van der Waals surface area (Å²) in [5.74, 6) is 0.593. The minimum absolute atomic E-state index is 0.388. The van der Waals surface area contributed by atoms with E-state index in [4.69, 9.17) is 4.74 Å². The van der Waals surface area contributed by atoms with Crippen LogP contribution in [-0.2, 0) is 4.74 Å². The molecule has 3 heteroatoms. The number of nitrogens with zero attached hydrogens (tertiary/aromatic N) is 1. The van der Waals surface area contributed by atoms with E-state index in [1.807, 2.05) is 12.4 Å². The Bertz CT molecular complexity index is 365. The van der Waals surface area contributed by atoms with Gasteiger partial charge in [-0.15, -0.1) is 0 Å². The molecule has 0 bridgehead atoms. The lowest BCUT2D eigenvalue weighted by molar-refractivity contribution is -0.0160. The summed E-state index contributed by atoms with van der Waals surface area (Å²) >= 11 is 0. The van der Waals surface area contributed by atoms with Crippen LogP contribution < -0.4 is 5.32 Å². The number of anilines is 1. The molecule has 0 amide bonds. The maximum atomic E-state index is 5.78. The molecule has 94 valence electrons. The highest BCUT2D eigenvalue weighted by Gasteiger charge is 2.24. The normalized spacial score (nSPS) is 24.9. The number of aryl methyl sites for hydroxylation is 1. The van der Waals surface area contributed by atoms with Gasteiger partial charge in [0, 0.05) is 25.0 Å². The van der Waals surface area contributed by atoms with Crippen LogP contribution in [0.15, 0.2) is 18.5 Å². The van der Waals surface area contributed by atoms with Gasteiger partial charge in [-0.25, -0.2) is 0 Å². The van der Waals surface area contributed by atoms with Crippen molar-refractivity contribution in [3.63, 3.8) is 0 Å². The molecule has 0 aliphatic carbocycles. The largest absolute Gasteiger partial charge is 0.381 e. The molecule has 2 heterocycles. The number of hydrogen-bond donors (Lipinski definition) is 1. The second kappa shape index (κ2) is 5.50. The van der Waals surface area contributed by atoms with E-state index in [1.54, 1.807) is 0 Å². The highest BCUT2D eigenvalue weighted by atomic mass is 16.5. The van der Waals surface area contributed by atoms with Gasteiger partial charge < -0.3 is 10.1 Å². The van der Waals surface area contributed by atoms with E-state index in [-0.39, 0.29) is 0 Å². The molecule has 3 nitrogen and oxygen atoms in total. The SMILES string of the molecule is Cc1cncc(NC2CCOC(C(C)C)C2)c1. The smallest absolute Gasteiger partial charge is 0.0617 e. The van der Waals surface area contributed by atoms with Crippen molar-refractivity contribution in [2.45, 2.75) is 45.8 Å². The van der Waals surface area contributed by atoms with Crippen molar-refractivity contribution in [3.8, 4) is 0 Å². The van der Waals surface area contributed by atoms with E-state index < -0.39 is 0 Å². The number of ether oxygens (including phenoxy) is 1. The summed E-state index contributed by atoms with van der Waals surface area (Å²) in [4.78, 5) is 4.21. The van der Waals surface area contributed by atoms with Crippen LogP contribution in [0.25, 0.3) is 0 Å². The fourth-order valence-corrected chi connectivity index (χ4v) is 2.29. The van der Waals surface area contributed by atoms with Crippen molar-refractivity contribution in [1.82, 2.24) is 4.98 Å². The standard InChI is InChI=1S/C14H22N2O/c1-10(2)14-7-12(4-5-17-14)16-13-6-11(3)8-15-9-13/h6,8-10,12,14,16H,4-5,7H2,1-3H3. The van der Waals surface area contributed by atoms with Crippen LogP contribution in [0.2, 0.25) is 0 Å². The molecule has 0 radical (unpaired) electrons. The lowest BCUT2D eigenvalue weighted by Gasteiger charge is -2.32. The van der Waals surface area contributed by atoms with Gasteiger partial charge in [0.2, 0.25) is 0 Å². The van der Waals surface area contributed by atoms with Crippen LogP contribution in [0.5, 0.6) is 0 Å². The number of aromatic nitrogens is 1. The first-order chi connectivity index (χ1) is 8.15. The summed E-state index contributed by atoms with van der Waals surface area (Å²) < 4.78 is 5.78. The molecule has 1 N–H and O–H groups in total. The van der Waals surface area contributed by atoms with Crippen LogP contribution in [-0.4, -0.2) is 23.7 Å². The average molecular weight is 234 g/mol. The summed E-state index contributed by atoms with van der Waals surface area (Å²) in [5.41, 5.74) is 2.32. The lowest BCUT2D eigenvalue weighted by Crippen LogP contribution is -2.36. The van der Waals surface area contributed by atoms with Crippen LogP contribution >= 0.6 is 0 Å². The van der Waals surface area contributed by atoms with E-state index in [2.05, 4.69) is 37.1 Å². The lowest BCUT2D eigenvalue weighted by atomic mass is 9.95. The molecule has 1 aliphatic rings. The molecule has 1 fully saturated rings. The van der Waals surface area contributed by atoms with E-state index in [0.29, 0.717) is 18.1 Å². The highest BCUT2D eigenvalue weighted by Crippen LogP contribution is 2.23. The monoisotopic (exact) mass is 234 g/mol. The Hall–Kier alpha value is -1.09. The predicted octanol–water partition coefficient (Wildman–Crippen LogP) is 3.01. The first-order valence-corrected chi connectivity index (χ1v) is 6.45. The molecule has 1 aromatic rings. The first-order valence-electron chi connectivity index (χ1n) is 6.45. The van der Waals surface area contributed by atoms with Gasteiger partial charge in [0.15, 0.2) is 0 Å². The zero-order valence-electron chi connectivity index (χ0n) is 10.9. The second-order valence-corrected chi connectivity index (χ2v) is 5.27. The molecule has 1 saturated heterocycles. The zero-order chi connectivity index (χ0) is 12.3. The van der Waals surface area contributed by atoms with Crippen molar-refractivity contribution < 1.29 is 4.74 Å². The maximum absolute atomic E-state index is 5.78. The van der Waals surface area contributed by atoms with Gasteiger partial charge >= 0.3 is 0 Å². The van der Waals surface area contributed by atoms with E-state index >= 15 is 0 Å². The molecule has 0 aromatic carbocycles. The molecule has 2 atom stereocenters. The van der Waals surface area contributed by atoms with Crippen LogP contribution in [0.4, 0.5) is 5.69 Å². The first kappa shape index (κ1) is 12.4. The molecular formula is C14H22N2O. The molecule has 2 unspecified atom stereocenters. The zero-order valence-corrected chi connectivity index (χ0v) is 10.9. The highest BCUT2D eigenvalue weighted by molar-refractivity contribution is 5.43. The van der Waals surface area contributed by atoms with Gasteiger partial charge in [-0.1, -0.05) is 13.8 Å². The Morgan fingerprint density at radius 3 is 2.94 bits per heavy atom. The van der Waals surface area contributed by atoms with Gasteiger partial charge in [0.25, 0.3) is 0 Å². The molecule has 1 aliphatic heterocycles. The van der Waals surface area contributed by atoms with Gasteiger partial charge in [0.1, 0.15) is 0 Å². The van der Waals surface area contributed by atoms with E-state index in [9.17, 15) is 0 Å². The maximum Gasteiger partial charge on any atom is 0.0617 e. The van der Waals surface area contributed by atoms with Crippen molar-refractivity contribution in [2.75, 3.05) is 11.9 Å². The summed E-state index contributed by atoms with van der Waals surface area (Å²) in [6.45, 7) is 7.38. The number of nitrogens with one attached hydrogen (secondary N) is 1. The second-order valence-electron chi connectivity index (χ2n) is 5.27. The minimum atomic E-state index is 0.388. The number of rotatable bonds is 3. The summed E-state index contributed by atoms with van der Waals surface area (Å²) in [7, 11) is 0. The van der Waals surface area contributed by atoms with Crippen molar-refractivity contribution >= 4 is 5.69 Å². The Labute approximate surface area is 104 Å². The quantitative estimate of drug-likeness (QED) is 0.873. The van der Waals surface area contributed by atoms with Crippen molar-refractivity contribution in [2.24, 2.45) is 5.92 Å². The topological polar surface area (TPSA) is 34.2 Å². The Kier molecular flexibility index (Phi) is 4.00. The molecular weight excluding hydrogens is 212 g/mol. The van der Waals surface area contributed by atoms with Crippen LogP contribution in [0.3, 0.4) is 0 Å². The predicted molar refractivity (Wildman–Crippen MR) is 70.2 cm³/mol. The number of hydrogen-bond acceptors (Lipinski definition) is 3. The molecule has 0 spiro atoms. The fourth-order valence-electron chi connectivity index (χ4n) is 2.29. The third-order valence-electron chi connectivity index (χ3n) is 3.30. The third-order valence-corrected chi connectivity index (χ3v) is 3.30. The van der Waals surface area contributed by atoms with Crippen molar-refractivity contribution in [1.29, 1.82) is 0 Å². The Morgan fingerprint density at radius 2 is 2.24 bits per heavy atom. The fraction of sp³-hybridized carbons (Fsp3) is 0.643. The minimum Gasteiger partial charge on any atom is -0.381 e.